The number of nitrogens with zero attached hydrogens (tertiary/aromatic N) is 1. The highest BCUT2D eigenvalue weighted by molar-refractivity contribution is 8.15. The number of hydrogen-bond acceptors (Lipinski definition) is 4. The Kier molecular flexibility index (Phi) is 5.82. The maximum absolute atomic E-state index is 12.3. The quantitative estimate of drug-likeness (QED) is 0.870. The summed E-state index contributed by atoms with van der Waals surface area (Å²) in [6.45, 7) is 7.96. The molecule has 1 heterocycles. The molecule has 2 amide bonds. The number of carbonyl (C=O) groups excluding carboxylic acids is 2. The van der Waals surface area contributed by atoms with Gasteiger partial charge in [0, 0.05) is 18.2 Å². The van der Waals surface area contributed by atoms with E-state index in [1.54, 1.807) is 0 Å². The van der Waals surface area contributed by atoms with Gasteiger partial charge in [-0.2, -0.15) is 0 Å². The van der Waals surface area contributed by atoms with Crippen molar-refractivity contribution >= 4 is 34.4 Å². The zero-order chi connectivity index (χ0) is 17.0. The highest BCUT2D eigenvalue weighted by Crippen LogP contribution is 2.25. The number of amides is 2. The number of carbonyl (C=O) groups is 2. The van der Waals surface area contributed by atoms with Crippen molar-refractivity contribution in [1.29, 1.82) is 0 Å². The fraction of sp³-hybridized carbons (Fsp3) is 0.471. The average molecular weight is 333 g/mol. The Morgan fingerprint density at radius 3 is 2.65 bits per heavy atom. The zero-order valence-corrected chi connectivity index (χ0v) is 14.8. The van der Waals surface area contributed by atoms with Crippen LogP contribution in [-0.4, -0.2) is 28.3 Å². The Bertz CT molecular complexity index is 622. The molecule has 0 saturated carbocycles. The fourth-order valence-electron chi connectivity index (χ4n) is 2.26. The van der Waals surface area contributed by atoms with Gasteiger partial charge in [-0.05, 0) is 38.3 Å². The molecule has 0 spiro atoms. The van der Waals surface area contributed by atoms with Crippen molar-refractivity contribution < 1.29 is 9.59 Å². The summed E-state index contributed by atoms with van der Waals surface area (Å²) in [7, 11) is 0. The molecule has 5 nitrogen and oxygen atoms in total. The average Bonchev–Trinajstić information content (AvgIpc) is 2.82. The van der Waals surface area contributed by atoms with Crippen LogP contribution < -0.4 is 10.6 Å². The Labute approximate surface area is 141 Å². The van der Waals surface area contributed by atoms with Crippen molar-refractivity contribution in [3.63, 3.8) is 0 Å². The molecule has 2 atom stereocenters. The predicted molar refractivity (Wildman–Crippen MR) is 95.9 cm³/mol. The molecular formula is C17H23N3O2S. The Hall–Kier alpha value is -1.82. The summed E-state index contributed by atoms with van der Waals surface area (Å²) in [5.74, 6) is -0.298. The van der Waals surface area contributed by atoms with Gasteiger partial charge in [0.2, 0.25) is 11.8 Å². The maximum atomic E-state index is 12.3. The molecule has 2 rings (SSSR count). The zero-order valence-electron chi connectivity index (χ0n) is 14.0. The molecule has 1 aliphatic heterocycles. The molecule has 1 fully saturated rings. The number of benzene rings is 1. The summed E-state index contributed by atoms with van der Waals surface area (Å²) in [4.78, 5) is 28.7. The fourth-order valence-corrected chi connectivity index (χ4v) is 3.33. The van der Waals surface area contributed by atoms with Gasteiger partial charge in [-0.15, -0.1) is 0 Å². The minimum atomic E-state index is -0.415. The number of amidine groups is 1. The first kappa shape index (κ1) is 17.5. The number of rotatable bonds is 5. The normalized spacial score (nSPS) is 20.4. The van der Waals surface area contributed by atoms with Crippen LogP contribution in [0.4, 0.5) is 5.69 Å². The molecule has 1 aromatic carbocycles. The van der Waals surface area contributed by atoms with Gasteiger partial charge >= 0.3 is 0 Å². The summed E-state index contributed by atoms with van der Waals surface area (Å²) in [6, 6.07) is 6.03. The molecule has 0 aromatic heterocycles. The summed E-state index contributed by atoms with van der Waals surface area (Å²) >= 11 is 1.34. The third-order valence-electron chi connectivity index (χ3n) is 3.82. The third-order valence-corrected chi connectivity index (χ3v) is 4.92. The van der Waals surface area contributed by atoms with Crippen LogP contribution in [-0.2, 0) is 9.59 Å². The van der Waals surface area contributed by atoms with Gasteiger partial charge in [-0.1, -0.05) is 36.9 Å². The number of nitrogens with one attached hydrogen (secondary N) is 2. The Balaban J connectivity index is 1.98. The summed E-state index contributed by atoms with van der Waals surface area (Å²) in [5.41, 5.74) is 2.86. The summed E-state index contributed by atoms with van der Waals surface area (Å²) < 4.78 is 0. The van der Waals surface area contributed by atoms with E-state index in [1.807, 2.05) is 45.9 Å². The van der Waals surface area contributed by atoms with Gasteiger partial charge in [-0.3, -0.25) is 14.6 Å². The molecule has 0 aliphatic carbocycles. The van der Waals surface area contributed by atoms with Gasteiger partial charge in [0.15, 0.2) is 5.17 Å². The van der Waals surface area contributed by atoms with Crippen LogP contribution in [0.25, 0.3) is 0 Å². The van der Waals surface area contributed by atoms with Gasteiger partial charge in [-0.25, -0.2) is 0 Å². The highest BCUT2D eigenvalue weighted by atomic mass is 32.2. The molecule has 2 N–H and O–H groups in total. The van der Waals surface area contributed by atoms with Gasteiger partial charge in [0.1, 0.15) is 5.25 Å². The topological polar surface area (TPSA) is 70.6 Å². The van der Waals surface area contributed by atoms with Crippen LogP contribution in [0.15, 0.2) is 23.2 Å². The van der Waals surface area contributed by atoms with Crippen molar-refractivity contribution in [3.05, 3.63) is 29.3 Å². The van der Waals surface area contributed by atoms with E-state index in [2.05, 4.69) is 15.6 Å². The first-order chi connectivity index (χ1) is 10.9. The van der Waals surface area contributed by atoms with Crippen LogP contribution in [0, 0.1) is 13.8 Å². The first-order valence-electron chi connectivity index (χ1n) is 7.82. The number of anilines is 1. The van der Waals surface area contributed by atoms with Crippen molar-refractivity contribution in [2.75, 3.05) is 5.32 Å². The van der Waals surface area contributed by atoms with Gasteiger partial charge in [0.25, 0.3) is 0 Å². The second-order valence-electron chi connectivity index (χ2n) is 5.81. The highest BCUT2D eigenvalue weighted by Gasteiger charge is 2.32. The minimum Gasteiger partial charge on any atom is -0.326 e. The van der Waals surface area contributed by atoms with Crippen LogP contribution in [0.1, 0.15) is 37.8 Å². The van der Waals surface area contributed by atoms with Crippen LogP contribution >= 0.6 is 11.8 Å². The molecule has 1 aliphatic rings. The SMILES string of the molecule is CC[C@@H](C)N=C1NC(=O)[C@@H](CC(=O)Nc2c(C)cccc2C)S1. The van der Waals surface area contributed by atoms with Crippen molar-refractivity contribution in [2.45, 2.75) is 51.8 Å². The van der Waals surface area contributed by atoms with Crippen molar-refractivity contribution in [3.8, 4) is 0 Å². The van der Waals surface area contributed by atoms with Crippen molar-refractivity contribution in [1.82, 2.24) is 5.32 Å². The lowest BCUT2D eigenvalue weighted by Gasteiger charge is -2.12. The van der Waals surface area contributed by atoms with E-state index in [9.17, 15) is 9.59 Å². The lowest BCUT2D eigenvalue weighted by atomic mass is 10.1. The Morgan fingerprint density at radius 1 is 1.39 bits per heavy atom. The largest absolute Gasteiger partial charge is 0.326 e. The predicted octanol–water partition coefficient (Wildman–Crippen LogP) is 3.02. The van der Waals surface area contributed by atoms with Gasteiger partial charge < -0.3 is 10.6 Å². The third kappa shape index (κ3) is 4.58. The van der Waals surface area contributed by atoms with Crippen LogP contribution in [0.2, 0.25) is 0 Å². The van der Waals surface area contributed by atoms with E-state index in [-0.39, 0.29) is 24.3 Å². The number of thioether (sulfide) groups is 1. The number of aryl methyl sites for hydroxylation is 2. The lowest BCUT2D eigenvalue weighted by Crippen LogP contribution is -2.28. The number of para-hydroxylation sites is 1. The van der Waals surface area contributed by atoms with Crippen LogP contribution in [0.5, 0.6) is 0 Å². The van der Waals surface area contributed by atoms with Crippen molar-refractivity contribution in [2.24, 2.45) is 4.99 Å². The molecule has 1 saturated heterocycles. The van der Waals surface area contributed by atoms with E-state index in [0.29, 0.717) is 5.17 Å². The number of aliphatic imine (C=N–C) groups is 1. The number of hydrogen-bond donors (Lipinski definition) is 2. The smallest absolute Gasteiger partial charge is 0.240 e. The van der Waals surface area contributed by atoms with Gasteiger partial charge in [0.05, 0.1) is 0 Å². The van der Waals surface area contributed by atoms with E-state index in [1.165, 1.54) is 11.8 Å². The molecular weight excluding hydrogens is 310 g/mol. The summed E-state index contributed by atoms with van der Waals surface area (Å²) in [5, 5.41) is 5.88. The standard InChI is InChI=1S/C17H23N3O2S/c1-5-12(4)18-17-20-16(22)13(23-17)9-14(21)19-15-10(2)7-6-8-11(15)3/h6-8,12-13H,5,9H2,1-4H3,(H,19,21)(H,18,20,22)/t12-,13-/m1/s1. The Morgan fingerprint density at radius 2 is 2.04 bits per heavy atom. The monoisotopic (exact) mass is 333 g/mol. The lowest BCUT2D eigenvalue weighted by molar-refractivity contribution is -0.122. The molecule has 0 unspecified atom stereocenters. The second-order valence-corrected chi connectivity index (χ2v) is 7.00. The van der Waals surface area contributed by atoms with E-state index in [4.69, 9.17) is 0 Å². The second kappa shape index (κ2) is 7.64. The molecule has 23 heavy (non-hydrogen) atoms. The maximum Gasteiger partial charge on any atom is 0.240 e. The molecule has 124 valence electrons. The molecule has 0 radical (unpaired) electrons. The molecule has 6 heteroatoms. The van der Waals surface area contributed by atoms with E-state index < -0.39 is 5.25 Å². The molecule has 0 bridgehead atoms. The van der Waals surface area contributed by atoms with E-state index in [0.717, 1.165) is 23.2 Å². The van der Waals surface area contributed by atoms with E-state index >= 15 is 0 Å². The molecule has 1 aromatic rings. The minimum absolute atomic E-state index is 0.143. The summed E-state index contributed by atoms with van der Waals surface area (Å²) in [6.07, 6.45) is 1.06. The van der Waals surface area contributed by atoms with Crippen LogP contribution in [0.3, 0.4) is 0 Å². The first-order valence-corrected chi connectivity index (χ1v) is 8.70.